The maximum Gasteiger partial charge on any atom is 0.350 e. The first-order valence-electron chi connectivity index (χ1n) is 5.64. The first-order valence-corrected chi connectivity index (χ1v) is 7.08. The monoisotopic (exact) mass is 281 g/mol. The van der Waals surface area contributed by atoms with Gasteiger partial charge in [0.25, 0.3) is 10.0 Å². The van der Waals surface area contributed by atoms with Gasteiger partial charge in [0.1, 0.15) is 0 Å². The summed E-state index contributed by atoms with van der Waals surface area (Å²) >= 11 is 0. The molecule has 0 amide bonds. The van der Waals surface area contributed by atoms with Crippen LogP contribution in [0.15, 0.2) is 33.6 Å². The van der Waals surface area contributed by atoms with Crippen LogP contribution in [0.4, 0.5) is 0 Å². The number of hydrogen-bond acceptors (Lipinski definition) is 3. The van der Waals surface area contributed by atoms with Crippen LogP contribution in [0, 0.1) is 6.92 Å². The van der Waals surface area contributed by atoms with Gasteiger partial charge in [-0.05, 0) is 26.0 Å². The van der Waals surface area contributed by atoms with E-state index < -0.39 is 10.0 Å². The lowest BCUT2D eigenvalue weighted by Crippen LogP contribution is -2.18. The number of ether oxygens (including phenoxy) is 1. The van der Waals surface area contributed by atoms with E-state index in [-0.39, 0.29) is 23.1 Å². The minimum Gasteiger partial charge on any atom is -0.472 e. The molecule has 0 aliphatic rings. The summed E-state index contributed by atoms with van der Waals surface area (Å²) in [6, 6.07) is 6.28. The quantitative estimate of drug-likeness (QED) is 0.364. The molecule has 6 nitrogen and oxygen atoms in total. The van der Waals surface area contributed by atoms with Gasteiger partial charge in [-0.1, -0.05) is 17.7 Å². The Bertz CT molecular complexity index is 627. The topological polar surface area (TPSA) is 92.1 Å². The Hall–Kier alpha value is -1.98. The molecule has 1 rings (SSSR count). The Morgan fingerprint density at radius 2 is 1.95 bits per heavy atom. The summed E-state index contributed by atoms with van der Waals surface area (Å²) in [5.41, 5.74) is 9.61. The Labute approximate surface area is 112 Å². The molecule has 1 aromatic rings. The summed E-state index contributed by atoms with van der Waals surface area (Å²) in [5, 5.41) is 0. The second-order valence-electron chi connectivity index (χ2n) is 3.80. The number of rotatable bonds is 4. The summed E-state index contributed by atoms with van der Waals surface area (Å²) in [6.45, 7) is 5.15. The van der Waals surface area contributed by atoms with Crippen LogP contribution in [0.5, 0.6) is 0 Å². The van der Waals surface area contributed by atoms with Gasteiger partial charge in [-0.25, -0.2) is 0 Å². The van der Waals surface area contributed by atoms with E-state index in [9.17, 15) is 8.42 Å². The minimum atomic E-state index is -3.88. The number of hydrogen-bond donors (Lipinski definition) is 0. The lowest BCUT2D eigenvalue weighted by atomic mass is 10.2. The van der Waals surface area contributed by atoms with Crippen LogP contribution in [0.2, 0.25) is 0 Å². The summed E-state index contributed by atoms with van der Waals surface area (Å²) in [5.74, 6) is -0.217. The van der Waals surface area contributed by atoms with Gasteiger partial charge in [-0.3, -0.25) is 0 Å². The second kappa shape index (κ2) is 6.26. The minimum absolute atomic E-state index is 0.00228. The fourth-order valence-corrected chi connectivity index (χ4v) is 2.24. The summed E-state index contributed by atoms with van der Waals surface area (Å²) < 4.78 is 32.7. The van der Waals surface area contributed by atoms with E-state index in [0.29, 0.717) is 0 Å². The van der Waals surface area contributed by atoms with E-state index >= 15 is 0 Å². The van der Waals surface area contributed by atoms with Crippen molar-refractivity contribution in [3.05, 3.63) is 35.4 Å². The van der Waals surface area contributed by atoms with Gasteiger partial charge in [0, 0.05) is 6.92 Å². The molecule has 0 heterocycles. The van der Waals surface area contributed by atoms with Crippen molar-refractivity contribution in [2.24, 2.45) is 4.40 Å². The molecule has 0 fully saturated rings. The molecule has 1 aromatic carbocycles. The molecule has 0 aliphatic carbocycles. The number of nitrogens with zero attached hydrogens (tertiary/aromatic N) is 3. The molecule has 0 N–H and O–H groups in total. The van der Waals surface area contributed by atoms with Gasteiger partial charge < -0.3 is 10.3 Å². The molecule has 0 saturated heterocycles. The lowest BCUT2D eigenvalue weighted by Gasteiger charge is -2.03. The Morgan fingerprint density at radius 1 is 1.37 bits per heavy atom. The van der Waals surface area contributed by atoms with Crippen LogP contribution in [-0.4, -0.2) is 31.4 Å². The molecule has 19 heavy (non-hydrogen) atoms. The van der Waals surface area contributed by atoms with Crippen LogP contribution >= 0.6 is 0 Å². The smallest absolute Gasteiger partial charge is 0.350 e. The van der Waals surface area contributed by atoms with Gasteiger partial charge in [-0.15, -0.1) is 4.40 Å². The van der Waals surface area contributed by atoms with Gasteiger partial charge in [0.15, 0.2) is 0 Å². The zero-order chi connectivity index (χ0) is 14.5. The first kappa shape index (κ1) is 15.1. The summed E-state index contributed by atoms with van der Waals surface area (Å²) in [6.07, 6.45) is 0. The van der Waals surface area contributed by atoms with Crippen molar-refractivity contribution in [2.45, 2.75) is 25.7 Å². The maximum absolute atomic E-state index is 12.0. The molecular weight excluding hydrogens is 266 g/mol. The highest BCUT2D eigenvalue weighted by Crippen LogP contribution is 2.13. The van der Waals surface area contributed by atoms with Gasteiger partial charge in [-0.2, -0.15) is 13.2 Å². The van der Waals surface area contributed by atoms with Crippen molar-refractivity contribution in [3.8, 4) is 0 Å². The van der Waals surface area contributed by atoms with Gasteiger partial charge in [0.05, 0.1) is 11.5 Å². The highest BCUT2D eigenvalue weighted by atomic mass is 32.2. The lowest BCUT2D eigenvalue weighted by molar-refractivity contribution is -0.00417. The van der Waals surface area contributed by atoms with Crippen molar-refractivity contribution in [3.63, 3.8) is 0 Å². The zero-order valence-electron chi connectivity index (χ0n) is 11.0. The van der Waals surface area contributed by atoms with E-state index in [1.54, 1.807) is 19.1 Å². The van der Waals surface area contributed by atoms with Crippen LogP contribution in [-0.2, 0) is 14.8 Å². The standard InChI is InChI=1S/C12H15N3O3S/c1-4-18-12(10(3)14-13)15-19(16,17)11-7-5-9(2)6-8-11/h5-8H,4H2,1-3H3/b15-12-. The normalized spacial score (nSPS) is 11.8. The second-order valence-corrected chi connectivity index (χ2v) is 5.41. The van der Waals surface area contributed by atoms with Crippen LogP contribution in [0.3, 0.4) is 0 Å². The Morgan fingerprint density at radius 3 is 2.42 bits per heavy atom. The molecule has 0 unspecified atom stereocenters. The summed E-state index contributed by atoms with van der Waals surface area (Å²) in [7, 11) is -3.88. The third-order valence-corrected chi connectivity index (χ3v) is 3.54. The number of aryl methyl sites for hydroxylation is 1. The molecule has 0 aromatic heterocycles. The Balaban J connectivity index is 3.25. The zero-order valence-corrected chi connectivity index (χ0v) is 11.8. The predicted molar refractivity (Wildman–Crippen MR) is 71.7 cm³/mol. The number of sulfonamides is 1. The fraction of sp³-hybridized carbons (Fsp3) is 0.333. The molecule has 0 atom stereocenters. The van der Waals surface area contributed by atoms with Gasteiger partial charge in [0.2, 0.25) is 0 Å². The number of benzene rings is 1. The van der Waals surface area contributed by atoms with E-state index in [2.05, 4.69) is 9.19 Å². The summed E-state index contributed by atoms with van der Waals surface area (Å²) in [4.78, 5) is 2.95. The molecular formula is C12H15N3O3S. The largest absolute Gasteiger partial charge is 0.472 e. The van der Waals surface area contributed by atoms with Crippen molar-refractivity contribution in [2.75, 3.05) is 6.61 Å². The average Bonchev–Trinajstić information content (AvgIpc) is 2.37. The third-order valence-electron chi connectivity index (χ3n) is 2.26. The molecule has 102 valence electrons. The Kier molecular flexibility index (Phi) is 4.97. The fourth-order valence-electron chi connectivity index (χ4n) is 1.25. The first-order chi connectivity index (χ1) is 8.90. The molecule has 0 radical (unpaired) electrons. The molecule has 7 heteroatoms. The van der Waals surface area contributed by atoms with E-state index in [4.69, 9.17) is 10.3 Å². The van der Waals surface area contributed by atoms with Crippen LogP contribution in [0.25, 0.3) is 5.53 Å². The van der Waals surface area contributed by atoms with Crippen molar-refractivity contribution in [1.82, 2.24) is 0 Å². The molecule has 0 bridgehead atoms. The SMILES string of the molecule is CCO/C(=N\S(=O)(=O)c1ccc(C)cc1)C(C)=[N+]=[N-]. The highest BCUT2D eigenvalue weighted by molar-refractivity contribution is 7.90. The highest BCUT2D eigenvalue weighted by Gasteiger charge is 2.20. The van der Waals surface area contributed by atoms with Crippen LogP contribution < -0.4 is 0 Å². The molecule has 0 spiro atoms. The van der Waals surface area contributed by atoms with E-state index in [1.807, 2.05) is 6.92 Å². The molecule has 0 saturated carbocycles. The van der Waals surface area contributed by atoms with Crippen LogP contribution in [0.1, 0.15) is 19.4 Å². The molecule has 0 aliphatic heterocycles. The van der Waals surface area contributed by atoms with E-state index in [0.717, 1.165) is 5.56 Å². The van der Waals surface area contributed by atoms with Crippen molar-refractivity contribution in [1.29, 1.82) is 0 Å². The predicted octanol–water partition coefficient (Wildman–Crippen LogP) is 1.81. The van der Waals surface area contributed by atoms with E-state index in [1.165, 1.54) is 19.1 Å². The van der Waals surface area contributed by atoms with Crippen molar-refractivity contribution < 1.29 is 17.9 Å². The van der Waals surface area contributed by atoms with Crippen molar-refractivity contribution >= 4 is 21.6 Å². The van der Waals surface area contributed by atoms with Gasteiger partial charge >= 0.3 is 11.6 Å². The maximum atomic E-state index is 12.0. The third kappa shape index (κ3) is 4.01. The average molecular weight is 281 g/mol.